The molecule has 0 unspecified atom stereocenters. The van der Waals surface area contributed by atoms with Crippen LogP contribution in [0.5, 0.6) is 0 Å². The van der Waals surface area contributed by atoms with Crippen LogP contribution in [0.3, 0.4) is 0 Å². The monoisotopic (exact) mass is 256 g/mol. The molecule has 18 heavy (non-hydrogen) atoms. The Balaban J connectivity index is 2.41. The highest BCUT2D eigenvalue weighted by atomic mass is 16.2. The molecular formula is C12H24N4O2. The van der Waals surface area contributed by atoms with Crippen molar-refractivity contribution in [3.63, 3.8) is 0 Å². The lowest BCUT2D eigenvalue weighted by molar-refractivity contribution is -0.121. The highest BCUT2D eigenvalue weighted by Crippen LogP contribution is 2.21. The molecule has 0 radical (unpaired) electrons. The first-order valence-corrected chi connectivity index (χ1v) is 6.58. The molecule has 0 aromatic rings. The van der Waals surface area contributed by atoms with Gasteiger partial charge in [0.2, 0.25) is 5.91 Å². The lowest BCUT2D eigenvalue weighted by atomic mass is 9.91. The number of carbonyl (C=O) groups excluding carboxylic acids is 2. The largest absolute Gasteiger partial charge is 0.341 e. The summed E-state index contributed by atoms with van der Waals surface area (Å²) in [7, 11) is 1.49. The molecule has 1 aliphatic rings. The molecule has 4 N–H and O–H groups in total. The smallest absolute Gasteiger partial charge is 0.321 e. The number of nitrogens with one attached hydrogen (secondary N) is 2. The van der Waals surface area contributed by atoms with Crippen molar-refractivity contribution in [3.05, 3.63) is 0 Å². The van der Waals surface area contributed by atoms with E-state index in [-0.39, 0.29) is 12.5 Å². The van der Waals surface area contributed by atoms with Gasteiger partial charge in [0.25, 0.3) is 0 Å². The minimum atomic E-state index is -0.457. The van der Waals surface area contributed by atoms with Crippen molar-refractivity contribution < 1.29 is 9.59 Å². The molecule has 0 atom stereocenters. The first kappa shape index (κ1) is 14.9. The molecule has 6 nitrogen and oxygen atoms in total. The Morgan fingerprint density at radius 2 is 1.89 bits per heavy atom. The molecule has 0 aliphatic heterocycles. The molecule has 0 saturated heterocycles. The molecule has 3 amide bonds. The van der Waals surface area contributed by atoms with Crippen LogP contribution in [0.25, 0.3) is 0 Å². The quantitative estimate of drug-likeness (QED) is 0.662. The normalized spacial score (nSPS) is 23.8. The van der Waals surface area contributed by atoms with Gasteiger partial charge in [0.1, 0.15) is 0 Å². The van der Waals surface area contributed by atoms with Crippen molar-refractivity contribution in [2.24, 2.45) is 5.73 Å². The van der Waals surface area contributed by atoms with E-state index in [1.165, 1.54) is 7.05 Å². The maximum absolute atomic E-state index is 11.7. The van der Waals surface area contributed by atoms with Crippen LogP contribution < -0.4 is 16.4 Å². The molecular weight excluding hydrogens is 232 g/mol. The number of likely N-dealkylation sites (N-methyl/N-ethyl adjacent to an activating group) is 1. The SMILES string of the molecule is CCN(CC(=O)NC(=O)NC)C1CCC(N)CC1. The third-order valence-corrected chi connectivity index (χ3v) is 3.49. The van der Waals surface area contributed by atoms with Crippen LogP contribution in [0.15, 0.2) is 0 Å². The molecule has 1 fully saturated rings. The molecule has 6 heteroatoms. The molecule has 0 aromatic carbocycles. The standard InChI is InChI=1S/C12H24N4O2/c1-3-16(8-11(17)15-12(18)14-2)10-6-4-9(13)5-7-10/h9-10H,3-8,13H2,1-2H3,(H2,14,15,17,18). The van der Waals surface area contributed by atoms with E-state index >= 15 is 0 Å². The zero-order chi connectivity index (χ0) is 13.5. The highest BCUT2D eigenvalue weighted by Gasteiger charge is 2.24. The molecule has 0 heterocycles. The van der Waals surface area contributed by atoms with Gasteiger partial charge in [-0.05, 0) is 32.2 Å². The second-order valence-electron chi connectivity index (χ2n) is 4.76. The van der Waals surface area contributed by atoms with Crippen LogP contribution in [0.2, 0.25) is 0 Å². The number of carbonyl (C=O) groups is 2. The highest BCUT2D eigenvalue weighted by molar-refractivity contribution is 5.95. The van der Waals surface area contributed by atoms with E-state index in [1.807, 2.05) is 6.92 Å². The summed E-state index contributed by atoms with van der Waals surface area (Å²) in [5.41, 5.74) is 5.87. The van der Waals surface area contributed by atoms with Crippen molar-refractivity contribution in [2.45, 2.75) is 44.7 Å². The van der Waals surface area contributed by atoms with Gasteiger partial charge in [-0.3, -0.25) is 15.0 Å². The van der Waals surface area contributed by atoms with E-state index in [0.717, 1.165) is 32.2 Å². The maximum Gasteiger partial charge on any atom is 0.321 e. The second-order valence-corrected chi connectivity index (χ2v) is 4.76. The van der Waals surface area contributed by atoms with Crippen LogP contribution in [-0.4, -0.2) is 49.1 Å². The molecule has 104 valence electrons. The topological polar surface area (TPSA) is 87.5 Å². The third-order valence-electron chi connectivity index (χ3n) is 3.49. The number of hydrogen-bond donors (Lipinski definition) is 3. The Labute approximate surface area is 108 Å². The Hall–Kier alpha value is -1.14. The van der Waals surface area contributed by atoms with E-state index < -0.39 is 6.03 Å². The van der Waals surface area contributed by atoms with E-state index in [9.17, 15) is 9.59 Å². The van der Waals surface area contributed by atoms with Gasteiger partial charge < -0.3 is 11.1 Å². The summed E-state index contributed by atoms with van der Waals surface area (Å²) >= 11 is 0. The minimum absolute atomic E-state index is 0.258. The van der Waals surface area contributed by atoms with Gasteiger partial charge in [-0.15, -0.1) is 0 Å². The fourth-order valence-corrected chi connectivity index (χ4v) is 2.38. The van der Waals surface area contributed by atoms with Gasteiger partial charge >= 0.3 is 6.03 Å². The van der Waals surface area contributed by atoms with Crippen LogP contribution in [-0.2, 0) is 4.79 Å². The summed E-state index contributed by atoms with van der Waals surface area (Å²) in [6, 6.07) is 0.256. The summed E-state index contributed by atoms with van der Waals surface area (Å²) in [5, 5.41) is 4.65. The summed E-state index contributed by atoms with van der Waals surface area (Å²) in [4.78, 5) is 24.8. The first-order chi connectivity index (χ1) is 8.56. The van der Waals surface area contributed by atoms with E-state index in [2.05, 4.69) is 15.5 Å². The molecule has 0 bridgehead atoms. The summed E-state index contributed by atoms with van der Waals surface area (Å²) < 4.78 is 0. The number of nitrogens with zero attached hydrogens (tertiary/aromatic N) is 1. The van der Waals surface area contributed by atoms with Crippen molar-refractivity contribution in [3.8, 4) is 0 Å². The zero-order valence-electron chi connectivity index (χ0n) is 11.2. The fraction of sp³-hybridized carbons (Fsp3) is 0.833. The molecule has 1 rings (SSSR count). The molecule has 1 saturated carbocycles. The van der Waals surface area contributed by atoms with Crippen molar-refractivity contribution in [1.29, 1.82) is 0 Å². The number of hydrogen-bond acceptors (Lipinski definition) is 4. The van der Waals surface area contributed by atoms with E-state index in [4.69, 9.17) is 5.73 Å². The van der Waals surface area contributed by atoms with Crippen LogP contribution in [0, 0.1) is 0 Å². The first-order valence-electron chi connectivity index (χ1n) is 6.58. The number of nitrogens with two attached hydrogens (primary N) is 1. The lowest BCUT2D eigenvalue weighted by Gasteiger charge is -2.34. The Morgan fingerprint density at radius 3 is 2.39 bits per heavy atom. The van der Waals surface area contributed by atoms with Crippen LogP contribution >= 0.6 is 0 Å². The maximum atomic E-state index is 11.7. The number of imide groups is 1. The number of amides is 3. The van der Waals surface area contributed by atoms with Gasteiger partial charge in [-0.2, -0.15) is 0 Å². The average Bonchev–Trinajstić information content (AvgIpc) is 2.37. The van der Waals surface area contributed by atoms with Gasteiger partial charge in [0.15, 0.2) is 0 Å². The van der Waals surface area contributed by atoms with Gasteiger partial charge in [-0.1, -0.05) is 6.92 Å². The predicted molar refractivity (Wildman–Crippen MR) is 70.1 cm³/mol. The van der Waals surface area contributed by atoms with Gasteiger partial charge in [0, 0.05) is 19.1 Å². The Bertz CT molecular complexity index is 288. The lowest BCUT2D eigenvalue weighted by Crippen LogP contribution is -2.48. The van der Waals surface area contributed by atoms with Crippen molar-refractivity contribution >= 4 is 11.9 Å². The fourth-order valence-electron chi connectivity index (χ4n) is 2.38. The van der Waals surface area contributed by atoms with Gasteiger partial charge in [0.05, 0.1) is 6.54 Å². The van der Waals surface area contributed by atoms with Crippen molar-refractivity contribution in [2.75, 3.05) is 20.1 Å². The van der Waals surface area contributed by atoms with Crippen LogP contribution in [0.1, 0.15) is 32.6 Å². The number of rotatable bonds is 4. The Kier molecular flexibility index (Phi) is 6.07. The number of urea groups is 1. The summed E-state index contributed by atoms with van der Waals surface area (Å²) in [5.74, 6) is -0.258. The third kappa shape index (κ3) is 4.62. The average molecular weight is 256 g/mol. The molecule has 0 spiro atoms. The van der Waals surface area contributed by atoms with E-state index in [1.54, 1.807) is 0 Å². The van der Waals surface area contributed by atoms with Crippen LogP contribution in [0.4, 0.5) is 4.79 Å². The predicted octanol–water partition coefficient (Wildman–Crippen LogP) is 0.0338. The van der Waals surface area contributed by atoms with E-state index in [0.29, 0.717) is 12.1 Å². The zero-order valence-corrected chi connectivity index (χ0v) is 11.2. The molecule has 1 aliphatic carbocycles. The Morgan fingerprint density at radius 1 is 1.28 bits per heavy atom. The van der Waals surface area contributed by atoms with Gasteiger partial charge in [-0.25, -0.2) is 4.79 Å². The summed E-state index contributed by atoms with van der Waals surface area (Å²) in [6.45, 7) is 3.10. The summed E-state index contributed by atoms with van der Waals surface area (Å²) in [6.07, 6.45) is 4.08. The molecule has 0 aromatic heterocycles. The minimum Gasteiger partial charge on any atom is -0.341 e. The second kappa shape index (κ2) is 7.33. The van der Waals surface area contributed by atoms with Crippen molar-refractivity contribution in [1.82, 2.24) is 15.5 Å².